The fraction of sp³-hybridized carbons (Fsp3) is 1.00. The monoisotopic (exact) mass is 174 g/mol. The molecule has 0 fully saturated rings. The number of hydrogen-bond donors (Lipinski definition) is 2. The van der Waals surface area contributed by atoms with Crippen LogP contribution < -0.4 is 0 Å². The fourth-order valence-corrected chi connectivity index (χ4v) is 1.23. The summed E-state index contributed by atoms with van der Waals surface area (Å²) in [5.74, 6) is 0. The maximum atomic E-state index is 8.96. The van der Waals surface area contributed by atoms with Gasteiger partial charge in [-0.1, -0.05) is 25.7 Å². The first-order valence-corrected chi connectivity index (χ1v) is 4.99. The van der Waals surface area contributed by atoms with Crippen molar-refractivity contribution < 1.29 is 10.2 Å². The topological polar surface area (TPSA) is 40.5 Å². The summed E-state index contributed by atoms with van der Waals surface area (Å²) in [7, 11) is 0. The van der Waals surface area contributed by atoms with E-state index in [0.717, 1.165) is 25.7 Å². The van der Waals surface area contributed by atoms with Gasteiger partial charge in [0, 0.05) is 0 Å². The average Bonchev–Trinajstić information content (AvgIpc) is 1.95. The summed E-state index contributed by atoms with van der Waals surface area (Å²) in [6.07, 6.45) is 6.09. The molecule has 2 nitrogen and oxygen atoms in total. The summed E-state index contributed by atoms with van der Waals surface area (Å²) in [6.45, 7) is 3.66. The molecule has 0 aromatic carbocycles. The van der Waals surface area contributed by atoms with Gasteiger partial charge in [-0.25, -0.2) is 0 Å². The molecule has 0 aliphatic rings. The minimum atomic E-state index is -0.151. The third kappa shape index (κ3) is 9.92. The zero-order chi connectivity index (χ0) is 9.40. The van der Waals surface area contributed by atoms with E-state index in [4.69, 9.17) is 10.2 Å². The molecule has 0 aromatic heterocycles. The van der Waals surface area contributed by atoms with Gasteiger partial charge in [0.15, 0.2) is 0 Å². The van der Waals surface area contributed by atoms with E-state index in [1.54, 1.807) is 0 Å². The van der Waals surface area contributed by atoms with Gasteiger partial charge >= 0.3 is 0 Å². The van der Waals surface area contributed by atoms with Crippen molar-refractivity contribution >= 4 is 0 Å². The van der Waals surface area contributed by atoms with Gasteiger partial charge in [-0.2, -0.15) is 0 Å². The summed E-state index contributed by atoms with van der Waals surface area (Å²) < 4.78 is 0. The van der Waals surface area contributed by atoms with Crippen LogP contribution in [0.25, 0.3) is 0 Å². The highest BCUT2D eigenvalue weighted by molar-refractivity contribution is 4.51. The first-order chi connectivity index (χ1) is 5.63. The molecule has 0 bridgehead atoms. The van der Waals surface area contributed by atoms with E-state index in [1.807, 2.05) is 13.8 Å². The van der Waals surface area contributed by atoms with Crippen LogP contribution in [0.5, 0.6) is 0 Å². The quantitative estimate of drug-likeness (QED) is 0.580. The van der Waals surface area contributed by atoms with E-state index in [1.165, 1.54) is 12.8 Å². The first-order valence-electron chi connectivity index (χ1n) is 4.99. The third-order valence-electron chi connectivity index (χ3n) is 1.99. The van der Waals surface area contributed by atoms with Crippen LogP contribution in [0.2, 0.25) is 0 Å². The number of aliphatic hydroxyl groups is 2. The van der Waals surface area contributed by atoms with Crippen molar-refractivity contribution in [2.75, 3.05) is 0 Å². The molecule has 0 heterocycles. The second-order valence-electron chi connectivity index (χ2n) is 3.69. The lowest BCUT2D eigenvalue weighted by Crippen LogP contribution is -2.00. The zero-order valence-corrected chi connectivity index (χ0v) is 8.29. The lowest BCUT2D eigenvalue weighted by atomic mass is 10.1. The molecule has 0 aliphatic heterocycles. The van der Waals surface area contributed by atoms with Gasteiger partial charge in [0.05, 0.1) is 12.2 Å². The van der Waals surface area contributed by atoms with E-state index in [2.05, 4.69) is 0 Å². The molecule has 0 unspecified atom stereocenters. The molecule has 0 saturated heterocycles. The highest BCUT2D eigenvalue weighted by Gasteiger charge is 1.97. The van der Waals surface area contributed by atoms with Crippen LogP contribution in [0.15, 0.2) is 0 Å². The van der Waals surface area contributed by atoms with Crippen LogP contribution in [-0.2, 0) is 0 Å². The summed E-state index contributed by atoms with van der Waals surface area (Å²) in [6, 6.07) is 0. The van der Waals surface area contributed by atoms with Crippen molar-refractivity contribution in [3.63, 3.8) is 0 Å². The summed E-state index contributed by atoms with van der Waals surface area (Å²) in [5.41, 5.74) is 0. The van der Waals surface area contributed by atoms with Crippen LogP contribution in [0.3, 0.4) is 0 Å². The Labute approximate surface area is 75.6 Å². The molecule has 0 rings (SSSR count). The molecular weight excluding hydrogens is 152 g/mol. The molecule has 74 valence electrons. The molecule has 0 saturated carbocycles. The van der Waals surface area contributed by atoms with E-state index < -0.39 is 0 Å². The first kappa shape index (κ1) is 11.9. The third-order valence-corrected chi connectivity index (χ3v) is 1.99. The predicted molar refractivity (Wildman–Crippen MR) is 51.1 cm³/mol. The fourth-order valence-electron chi connectivity index (χ4n) is 1.23. The Balaban J connectivity index is 2.91. The van der Waals surface area contributed by atoms with Gasteiger partial charge in [0.2, 0.25) is 0 Å². The van der Waals surface area contributed by atoms with E-state index in [0.29, 0.717) is 0 Å². The SMILES string of the molecule is C[C@H](O)CCCCCC[C@@H](C)O. The summed E-state index contributed by atoms with van der Waals surface area (Å²) in [4.78, 5) is 0. The predicted octanol–water partition coefficient (Wildman–Crippen LogP) is 2.09. The number of aliphatic hydroxyl groups excluding tert-OH is 2. The standard InChI is InChI=1S/C10H22O2/c1-9(11)7-5-3-4-6-8-10(2)12/h9-12H,3-8H2,1-2H3/t9-,10+. The highest BCUT2D eigenvalue weighted by Crippen LogP contribution is 2.08. The van der Waals surface area contributed by atoms with Crippen LogP contribution in [0.1, 0.15) is 52.4 Å². The molecule has 2 heteroatoms. The average molecular weight is 174 g/mol. The lowest BCUT2D eigenvalue weighted by Gasteiger charge is -2.04. The maximum absolute atomic E-state index is 8.96. The molecule has 0 amide bonds. The summed E-state index contributed by atoms with van der Waals surface area (Å²) >= 11 is 0. The van der Waals surface area contributed by atoms with E-state index in [9.17, 15) is 0 Å². The second-order valence-corrected chi connectivity index (χ2v) is 3.69. The van der Waals surface area contributed by atoms with Gasteiger partial charge in [-0.05, 0) is 26.7 Å². The van der Waals surface area contributed by atoms with Crippen LogP contribution in [-0.4, -0.2) is 22.4 Å². The van der Waals surface area contributed by atoms with Crippen LogP contribution >= 0.6 is 0 Å². The van der Waals surface area contributed by atoms with Crippen LogP contribution in [0.4, 0.5) is 0 Å². The highest BCUT2D eigenvalue weighted by atomic mass is 16.3. The van der Waals surface area contributed by atoms with Crippen molar-refractivity contribution in [1.29, 1.82) is 0 Å². The van der Waals surface area contributed by atoms with Crippen molar-refractivity contribution in [2.24, 2.45) is 0 Å². The number of unbranched alkanes of at least 4 members (excludes halogenated alkanes) is 3. The van der Waals surface area contributed by atoms with E-state index in [-0.39, 0.29) is 12.2 Å². The van der Waals surface area contributed by atoms with Crippen molar-refractivity contribution in [3.8, 4) is 0 Å². The zero-order valence-electron chi connectivity index (χ0n) is 8.29. The van der Waals surface area contributed by atoms with E-state index >= 15 is 0 Å². The molecule has 0 spiro atoms. The van der Waals surface area contributed by atoms with Crippen LogP contribution in [0, 0.1) is 0 Å². The number of hydrogen-bond acceptors (Lipinski definition) is 2. The minimum absolute atomic E-state index is 0.151. The van der Waals surface area contributed by atoms with Gasteiger partial charge in [0.1, 0.15) is 0 Å². The largest absolute Gasteiger partial charge is 0.393 e. The van der Waals surface area contributed by atoms with Crippen molar-refractivity contribution in [2.45, 2.75) is 64.6 Å². The Bertz CT molecular complexity index is 77.8. The lowest BCUT2D eigenvalue weighted by molar-refractivity contribution is 0.174. The Morgan fingerprint density at radius 3 is 1.33 bits per heavy atom. The molecule has 2 atom stereocenters. The molecule has 2 N–H and O–H groups in total. The molecule has 0 radical (unpaired) electrons. The second kappa shape index (κ2) is 7.56. The molecule has 0 aliphatic carbocycles. The van der Waals surface area contributed by atoms with Gasteiger partial charge in [-0.3, -0.25) is 0 Å². The van der Waals surface area contributed by atoms with Gasteiger partial charge < -0.3 is 10.2 Å². The minimum Gasteiger partial charge on any atom is -0.393 e. The smallest absolute Gasteiger partial charge is 0.0512 e. The summed E-state index contributed by atoms with van der Waals surface area (Å²) in [5, 5.41) is 17.9. The normalized spacial score (nSPS) is 16.0. The molecule has 12 heavy (non-hydrogen) atoms. The molecule has 0 aromatic rings. The Morgan fingerprint density at radius 1 is 0.750 bits per heavy atom. The Hall–Kier alpha value is -0.0800. The number of rotatable bonds is 7. The van der Waals surface area contributed by atoms with Gasteiger partial charge in [-0.15, -0.1) is 0 Å². The Kier molecular flexibility index (Phi) is 7.51. The van der Waals surface area contributed by atoms with Gasteiger partial charge in [0.25, 0.3) is 0 Å². The maximum Gasteiger partial charge on any atom is 0.0512 e. The van der Waals surface area contributed by atoms with Crippen molar-refractivity contribution in [1.82, 2.24) is 0 Å². The van der Waals surface area contributed by atoms with Crippen molar-refractivity contribution in [3.05, 3.63) is 0 Å². The Morgan fingerprint density at radius 2 is 1.08 bits per heavy atom. The molecular formula is C10H22O2.